The van der Waals surface area contributed by atoms with Crippen LogP contribution in [0.15, 0.2) is 76.5 Å². The van der Waals surface area contributed by atoms with Crippen molar-refractivity contribution in [3.63, 3.8) is 0 Å². The molecule has 0 atom stereocenters. The third-order valence-corrected chi connectivity index (χ3v) is 5.26. The average Bonchev–Trinajstić information content (AvgIpc) is 2.61. The van der Waals surface area contributed by atoms with E-state index >= 15 is 0 Å². The molecule has 25 heavy (non-hydrogen) atoms. The van der Waals surface area contributed by atoms with Gasteiger partial charge in [-0.15, -0.1) is 0 Å². The van der Waals surface area contributed by atoms with Gasteiger partial charge in [0.2, 0.25) is 0 Å². The molecular formula is C19H12ClN2O2S-. The normalized spacial score (nSPS) is 11.2. The summed E-state index contributed by atoms with van der Waals surface area (Å²) >= 11 is 7.71. The first-order valence-electron chi connectivity index (χ1n) is 7.54. The molecule has 4 nitrogen and oxygen atoms in total. The number of halogens is 1. The van der Waals surface area contributed by atoms with Crippen molar-refractivity contribution >= 4 is 50.9 Å². The predicted octanol–water partition coefficient (Wildman–Crippen LogP) is 5.89. The van der Waals surface area contributed by atoms with Crippen LogP contribution in [0.3, 0.4) is 0 Å². The van der Waals surface area contributed by atoms with Crippen LogP contribution in [0.5, 0.6) is 0 Å². The molecule has 0 amide bonds. The molecule has 4 aromatic rings. The minimum absolute atomic E-state index is 0.145. The molecule has 6 heteroatoms. The third-order valence-electron chi connectivity index (χ3n) is 3.87. The molecule has 0 radical (unpaired) electrons. The highest BCUT2D eigenvalue weighted by Crippen LogP contribution is 2.39. The van der Waals surface area contributed by atoms with Gasteiger partial charge >= 0.3 is 0 Å². The fourth-order valence-corrected chi connectivity index (χ4v) is 3.94. The molecule has 4 rings (SSSR count). The molecule has 0 saturated carbocycles. The van der Waals surface area contributed by atoms with Crippen molar-refractivity contribution < 1.29 is 5.21 Å². The molecule has 0 unspecified atom stereocenters. The Balaban J connectivity index is 1.88. The van der Waals surface area contributed by atoms with Crippen LogP contribution in [-0.2, 0) is 0 Å². The van der Waals surface area contributed by atoms with Crippen LogP contribution < -0.4 is 5.23 Å². The zero-order valence-electron chi connectivity index (χ0n) is 12.9. The number of anilines is 1. The molecule has 0 saturated heterocycles. The molecule has 0 bridgehead atoms. The molecule has 0 aliphatic heterocycles. The number of pyridine rings is 1. The van der Waals surface area contributed by atoms with E-state index in [2.05, 4.69) is 0 Å². The Morgan fingerprint density at radius 1 is 0.920 bits per heavy atom. The van der Waals surface area contributed by atoms with E-state index in [0.29, 0.717) is 5.02 Å². The topological polar surface area (TPSA) is 59.4 Å². The number of para-hydroxylation sites is 1. The summed E-state index contributed by atoms with van der Waals surface area (Å²) < 4.78 is 0. The van der Waals surface area contributed by atoms with Crippen LogP contribution in [0.1, 0.15) is 0 Å². The van der Waals surface area contributed by atoms with E-state index in [0.717, 1.165) is 31.6 Å². The zero-order valence-corrected chi connectivity index (χ0v) is 14.5. The first kappa shape index (κ1) is 16.2. The molecule has 0 spiro atoms. The highest BCUT2D eigenvalue weighted by molar-refractivity contribution is 7.99. The van der Waals surface area contributed by atoms with E-state index < -0.39 is 0 Å². The van der Waals surface area contributed by atoms with E-state index in [9.17, 15) is 5.21 Å². The van der Waals surface area contributed by atoms with Gasteiger partial charge in [-0.05, 0) is 42.5 Å². The third kappa shape index (κ3) is 3.15. The van der Waals surface area contributed by atoms with Crippen molar-refractivity contribution in [1.29, 1.82) is 0 Å². The van der Waals surface area contributed by atoms with Crippen molar-refractivity contribution in [3.05, 3.63) is 77.0 Å². The summed E-state index contributed by atoms with van der Waals surface area (Å²) in [7, 11) is 0. The maximum atomic E-state index is 10.9. The van der Waals surface area contributed by atoms with Crippen molar-refractivity contribution in [2.45, 2.75) is 9.79 Å². The van der Waals surface area contributed by atoms with Crippen LogP contribution >= 0.6 is 23.4 Å². The molecular weight excluding hydrogens is 356 g/mol. The Bertz CT molecular complexity index is 1070. The van der Waals surface area contributed by atoms with E-state index in [-0.39, 0.29) is 10.9 Å². The summed E-state index contributed by atoms with van der Waals surface area (Å²) in [6, 6.07) is 20.4. The fraction of sp³-hybridized carbons (Fsp3) is 0. The number of rotatable bonds is 3. The van der Waals surface area contributed by atoms with Gasteiger partial charge in [0.25, 0.3) is 0 Å². The standard InChI is InChI=1S/C19H12ClN2O2S/c20-12-5-10-16-18(11-12)21-17-4-2-1-3-15(17)19(16)25-14-8-6-13(7-9-14)22(23)24/h1-11,23H/q-1. The monoisotopic (exact) mass is 367 g/mol. The van der Waals surface area contributed by atoms with Crippen molar-refractivity contribution in [1.82, 2.24) is 4.98 Å². The summed E-state index contributed by atoms with van der Waals surface area (Å²) in [5.74, 6) is 0. The number of aromatic nitrogens is 1. The summed E-state index contributed by atoms with van der Waals surface area (Å²) in [5.41, 5.74) is 1.93. The van der Waals surface area contributed by atoms with Gasteiger partial charge in [-0.2, -0.15) is 0 Å². The lowest BCUT2D eigenvalue weighted by atomic mass is 10.1. The summed E-state index contributed by atoms with van der Waals surface area (Å²) in [6.45, 7) is 0. The molecule has 0 fully saturated rings. The quantitative estimate of drug-likeness (QED) is 0.361. The minimum atomic E-state index is -0.145. The van der Waals surface area contributed by atoms with Crippen LogP contribution in [0.2, 0.25) is 5.02 Å². The Labute approximate surface area is 153 Å². The SMILES string of the molecule is [O-]N(O)c1ccc(Sc2c3ccccc3nc3cc(Cl)ccc23)cc1. The van der Waals surface area contributed by atoms with Gasteiger partial charge in [0, 0.05) is 25.6 Å². The summed E-state index contributed by atoms with van der Waals surface area (Å²) in [5, 5.41) is 22.5. The highest BCUT2D eigenvalue weighted by Gasteiger charge is 2.11. The molecule has 1 N–H and O–H groups in total. The number of fused-ring (bicyclic) bond motifs is 2. The summed E-state index contributed by atoms with van der Waals surface area (Å²) in [6.07, 6.45) is 0. The number of benzene rings is 3. The van der Waals surface area contributed by atoms with Crippen molar-refractivity contribution in [3.8, 4) is 0 Å². The second kappa shape index (κ2) is 6.54. The highest BCUT2D eigenvalue weighted by atomic mass is 35.5. The Morgan fingerprint density at radius 2 is 1.64 bits per heavy atom. The van der Waals surface area contributed by atoms with Gasteiger partial charge in [0.15, 0.2) is 0 Å². The maximum Gasteiger partial charge on any atom is 0.0735 e. The fourth-order valence-electron chi connectivity index (χ4n) is 2.70. The van der Waals surface area contributed by atoms with E-state index in [1.165, 1.54) is 0 Å². The summed E-state index contributed by atoms with van der Waals surface area (Å²) in [4.78, 5) is 6.73. The van der Waals surface area contributed by atoms with Crippen LogP contribution in [0, 0.1) is 5.21 Å². The van der Waals surface area contributed by atoms with E-state index in [1.54, 1.807) is 36.0 Å². The van der Waals surface area contributed by atoms with Gasteiger partial charge in [-0.3, -0.25) is 5.21 Å². The molecule has 3 aromatic carbocycles. The lowest BCUT2D eigenvalue weighted by molar-refractivity contribution is 0.296. The zero-order chi connectivity index (χ0) is 17.4. The first-order valence-corrected chi connectivity index (χ1v) is 8.73. The second-order valence-corrected chi connectivity index (χ2v) is 7.01. The Morgan fingerprint density at radius 3 is 2.40 bits per heavy atom. The predicted molar refractivity (Wildman–Crippen MR) is 102 cm³/mol. The van der Waals surface area contributed by atoms with Gasteiger partial charge in [0.05, 0.1) is 16.7 Å². The average molecular weight is 368 g/mol. The Kier molecular flexibility index (Phi) is 4.23. The first-order chi connectivity index (χ1) is 12.1. The molecule has 0 aliphatic carbocycles. The molecule has 1 heterocycles. The number of hydrogen-bond donors (Lipinski definition) is 1. The molecule has 124 valence electrons. The van der Waals surface area contributed by atoms with Crippen LogP contribution in [0.4, 0.5) is 5.69 Å². The van der Waals surface area contributed by atoms with Gasteiger partial charge < -0.3 is 10.4 Å². The number of hydrogen-bond acceptors (Lipinski definition) is 5. The van der Waals surface area contributed by atoms with Crippen molar-refractivity contribution in [2.75, 3.05) is 5.23 Å². The second-order valence-electron chi connectivity index (χ2n) is 5.49. The van der Waals surface area contributed by atoms with E-state index in [4.69, 9.17) is 21.8 Å². The van der Waals surface area contributed by atoms with E-state index in [1.807, 2.05) is 42.5 Å². The smallest absolute Gasteiger partial charge is 0.0735 e. The Hall–Kier alpha value is -2.31. The van der Waals surface area contributed by atoms with Gasteiger partial charge in [-0.1, -0.05) is 47.6 Å². The largest absolute Gasteiger partial charge is 0.733 e. The van der Waals surface area contributed by atoms with Crippen LogP contribution in [-0.4, -0.2) is 10.2 Å². The minimum Gasteiger partial charge on any atom is -0.733 e. The maximum absolute atomic E-state index is 10.9. The van der Waals surface area contributed by atoms with Crippen LogP contribution in [0.25, 0.3) is 21.8 Å². The number of nitrogens with zero attached hydrogens (tertiary/aromatic N) is 2. The lowest BCUT2D eigenvalue weighted by Crippen LogP contribution is -2.06. The van der Waals surface area contributed by atoms with Crippen molar-refractivity contribution in [2.24, 2.45) is 0 Å². The lowest BCUT2D eigenvalue weighted by Gasteiger charge is -2.21. The molecule has 1 aromatic heterocycles. The van der Waals surface area contributed by atoms with Gasteiger partial charge in [-0.25, -0.2) is 4.98 Å². The van der Waals surface area contributed by atoms with Gasteiger partial charge in [0.1, 0.15) is 0 Å². The molecule has 0 aliphatic rings.